The fourth-order valence-electron chi connectivity index (χ4n) is 4.04. The quantitative estimate of drug-likeness (QED) is 0.789. The van der Waals surface area contributed by atoms with Gasteiger partial charge in [-0.15, -0.1) is 0 Å². The summed E-state index contributed by atoms with van der Waals surface area (Å²) in [6.07, 6.45) is 6.91. The topological polar surface area (TPSA) is 24.5 Å². The highest BCUT2D eigenvalue weighted by atomic mass is 16.5. The molecule has 3 aliphatic rings. The molecule has 0 amide bonds. The van der Waals surface area contributed by atoms with Crippen LogP contribution in [0.15, 0.2) is 0 Å². The fraction of sp³-hybridized carbons (Fsp3) is 1.00. The van der Waals surface area contributed by atoms with Crippen LogP contribution in [0.2, 0.25) is 0 Å². The van der Waals surface area contributed by atoms with E-state index in [9.17, 15) is 0 Å². The van der Waals surface area contributed by atoms with Crippen LogP contribution in [-0.4, -0.2) is 50.8 Å². The van der Waals surface area contributed by atoms with Gasteiger partial charge in [0, 0.05) is 18.0 Å². The molecule has 3 aliphatic heterocycles. The van der Waals surface area contributed by atoms with Gasteiger partial charge in [0.2, 0.25) is 0 Å². The summed E-state index contributed by atoms with van der Waals surface area (Å²) >= 11 is 0. The van der Waals surface area contributed by atoms with E-state index >= 15 is 0 Å². The summed E-state index contributed by atoms with van der Waals surface area (Å²) < 4.78 is 5.62. The SMILES string of the molecule is CN1CCCC(C2(C3CCCCN3)COC2)C1. The molecule has 0 bridgehead atoms. The van der Waals surface area contributed by atoms with Gasteiger partial charge in [-0.05, 0) is 51.7 Å². The van der Waals surface area contributed by atoms with Crippen LogP contribution in [0, 0.1) is 11.3 Å². The minimum atomic E-state index is 0.467. The molecule has 0 aromatic heterocycles. The third-order valence-electron chi connectivity index (χ3n) is 5.18. The molecular formula is C14H26N2O. The zero-order valence-corrected chi connectivity index (χ0v) is 11.1. The first kappa shape index (κ1) is 11.9. The van der Waals surface area contributed by atoms with Gasteiger partial charge < -0.3 is 15.0 Å². The zero-order valence-electron chi connectivity index (χ0n) is 11.1. The molecule has 0 aromatic carbocycles. The molecule has 3 rings (SSSR count). The van der Waals surface area contributed by atoms with Crippen LogP contribution in [0.3, 0.4) is 0 Å². The molecule has 0 spiro atoms. The molecule has 1 N–H and O–H groups in total. The molecule has 17 heavy (non-hydrogen) atoms. The molecule has 0 aliphatic carbocycles. The molecule has 2 unspecified atom stereocenters. The van der Waals surface area contributed by atoms with E-state index in [2.05, 4.69) is 17.3 Å². The molecule has 98 valence electrons. The highest BCUT2D eigenvalue weighted by Gasteiger charge is 2.51. The summed E-state index contributed by atoms with van der Waals surface area (Å²) in [5, 5.41) is 3.78. The lowest BCUT2D eigenvalue weighted by atomic mass is 9.64. The average molecular weight is 238 g/mol. The van der Waals surface area contributed by atoms with E-state index in [0.717, 1.165) is 25.2 Å². The summed E-state index contributed by atoms with van der Waals surface area (Å²) in [5.41, 5.74) is 0.467. The Kier molecular flexibility index (Phi) is 3.42. The molecule has 0 radical (unpaired) electrons. The Bertz CT molecular complexity index is 259. The number of nitrogens with one attached hydrogen (secondary N) is 1. The maximum Gasteiger partial charge on any atom is 0.0563 e. The van der Waals surface area contributed by atoms with Crippen molar-refractivity contribution in [2.75, 3.05) is 39.9 Å². The van der Waals surface area contributed by atoms with Crippen LogP contribution >= 0.6 is 0 Å². The van der Waals surface area contributed by atoms with Crippen molar-refractivity contribution < 1.29 is 4.74 Å². The van der Waals surface area contributed by atoms with E-state index in [1.807, 2.05) is 0 Å². The molecule has 3 heterocycles. The second-order valence-electron chi connectivity index (χ2n) is 6.33. The Hall–Kier alpha value is -0.120. The van der Waals surface area contributed by atoms with Gasteiger partial charge in [0.25, 0.3) is 0 Å². The number of hydrogen-bond acceptors (Lipinski definition) is 3. The number of nitrogens with zero attached hydrogens (tertiary/aromatic N) is 1. The minimum absolute atomic E-state index is 0.467. The summed E-state index contributed by atoms with van der Waals surface area (Å²) in [7, 11) is 2.27. The van der Waals surface area contributed by atoms with Gasteiger partial charge in [-0.2, -0.15) is 0 Å². The van der Waals surface area contributed by atoms with Crippen molar-refractivity contribution >= 4 is 0 Å². The maximum absolute atomic E-state index is 5.62. The van der Waals surface area contributed by atoms with Crippen molar-refractivity contribution in [1.29, 1.82) is 0 Å². The van der Waals surface area contributed by atoms with Crippen molar-refractivity contribution in [2.45, 2.75) is 38.1 Å². The van der Waals surface area contributed by atoms with Crippen molar-refractivity contribution in [3.63, 3.8) is 0 Å². The Morgan fingerprint density at radius 2 is 2.06 bits per heavy atom. The number of piperidine rings is 2. The first-order valence-electron chi connectivity index (χ1n) is 7.31. The molecule has 0 saturated carbocycles. The van der Waals surface area contributed by atoms with Gasteiger partial charge in [0.1, 0.15) is 0 Å². The fourth-order valence-corrected chi connectivity index (χ4v) is 4.04. The van der Waals surface area contributed by atoms with Gasteiger partial charge >= 0.3 is 0 Å². The Morgan fingerprint density at radius 1 is 1.18 bits per heavy atom. The van der Waals surface area contributed by atoms with E-state index in [1.54, 1.807) is 0 Å². The van der Waals surface area contributed by atoms with Gasteiger partial charge in [0.15, 0.2) is 0 Å². The summed E-state index contributed by atoms with van der Waals surface area (Å²) in [5.74, 6) is 0.852. The standard InChI is InChI=1S/C14H26N2O/c1-16-8-4-5-12(9-16)14(10-17-11-14)13-6-2-3-7-15-13/h12-13,15H,2-11H2,1H3. The average Bonchev–Trinajstić information content (AvgIpc) is 2.29. The van der Waals surface area contributed by atoms with E-state index in [0.29, 0.717) is 5.41 Å². The van der Waals surface area contributed by atoms with E-state index < -0.39 is 0 Å². The Morgan fingerprint density at radius 3 is 2.65 bits per heavy atom. The zero-order chi connectivity index (χ0) is 11.7. The predicted octanol–water partition coefficient (Wildman–Crippen LogP) is 1.49. The second kappa shape index (κ2) is 4.87. The third-order valence-corrected chi connectivity index (χ3v) is 5.18. The molecular weight excluding hydrogens is 212 g/mol. The van der Waals surface area contributed by atoms with Crippen LogP contribution in [-0.2, 0) is 4.74 Å². The minimum Gasteiger partial charge on any atom is -0.380 e. The van der Waals surface area contributed by atoms with Crippen LogP contribution in [0.5, 0.6) is 0 Å². The van der Waals surface area contributed by atoms with Gasteiger partial charge in [-0.1, -0.05) is 6.42 Å². The summed E-state index contributed by atoms with van der Waals surface area (Å²) in [4.78, 5) is 2.51. The molecule has 3 heteroatoms. The predicted molar refractivity (Wildman–Crippen MR) is 69.1 cm³/mol. The van der Waals surface area contributed by atoms with Crippen LogP contribution in [0.4, 0.5) is 0 Å². The Balaban J connectivity index is 1.71. The summed E-state index contributed by atoms with van der Waals surface area (Å²) in [6, 6.07) is 0.724. The van der Waals surface area contributed by atoms with E-state index in [4.69, 9.17) is 4.74 Å². The summed E-state index contributed by atoms with van der Waals surface area (Å²) in [6.45, 7) is 5.79. The molecule has 0 aromatic rings. The lowest BCUT2D eigenvalue weighted by molar-refractivity contribution is -0.177. The third kappa shape index (κ3) is 2.13. The molecule has 3 fully saturated rings. The largest absolute Gasteiger partial charge is 0.380 e. The first-order chi connectivity index (χ1) is 8.31. The molecule has 3 saturated heterocycles. The van der Waals surface area contributed by atoms with Gasteiger partial charge in [-0.25, -0.2) is 0 Å². The van der Waals surface area contributed by atoms with E-state index in [-0.39, 0.29) is 0 Å². The van der Waals surface area contributed by atoms with E-state index in [1.165, 1.54) is 51.7 Å². The monoisotopic (exact) mass is 238 g/mol. The molecule has 2 atom stereocenters. The van der Waals surface area contributed by atoms with Crippen LogP contribution in [0.1, 0.15) is 32.1 Å². The van der Waals surface area contributed by atoms with Gasteiger partial charge in [-0.3, -0.25) is 0 Å². The van der Waals surface area contributed by atoms with Crippen molar-refractivity contribution in [1.82, 2.24) is 10.2 Å². The number of hydrogen-bond donors (Lipinski definition) is 1. The van der Waals surface area contributed by atoms with Gasteiger partial charge in [0.05, 0.1) is 13.2 Å². The second-order valence-corrected chi connectivity index (χ2v) is 6.33. The smallest absolute Gasteiger partial charge is 0.0563 e. The normalized spacial score (nSPS) is 38.6. The highest BCUT2D eigenvalue weighted by molar-refractivity contribution is 5.03. The number of likely N-dealkylation sites (tertiary alicyclic amines) is 1. The number of ether oxygens (including phenoxy) is 1. The van der Waals surface area contributed by atoms with Crippen molar-refractivity contribution in [3.05, 3.63) is 0 Å². The van der Waals surface area contributed by atoms with Crippen molar-refractivity contribution in [3.8, 4) is 0 Å². The maximum atomic E-state index is 5.62. The lowest BCUT2D eigenvalue weighted by Crippen LogP contribution is -2.64. The lowest BCUT2D eigenvalue weighted by Gasteiger charge is -2.55. The van der Waals surface area contributed by atoms with Crippen molar-refractivity contribution in [2.24, 2.45) is 11.3 Å². The van der Waals surface area contributed by atoms with Crippen LogP contribution in [0.25, 0.3) is 0 Å². The number of rotatable bonds is 2. The Labute approximate surface area is 105 Å². The first-order valence-corrected chi connectivity index (χ1v) is 7.31. The molecule has 3 nitrogen and oxygen atoms in total. The van der Waals surface area contributed by atoms with Crippen LogP contribution < -0.4 is 5.32 Å². The highest BCUT2D eigenvalue weighted by Crippen LogP contribution is 2.45.